The summed E-state index contributed by atoms with van der Waals surface area (Å²) in [5, 5.41) is 2.97. The largest absolute Gasteiger partial charge is 0.338 e. The molecule has 6 heteroatoms. The Balaban J connectivity index is 1.93. The Labute approximate surface area is 147 Å². The highest BCUT2D eigenvalue weighted by molar-refractivity contribution is 9.10. The van der Waals surface area contributed by atoms with Crippen molar-refractivity contribution in [1.29, 1.82) is 0 Å². The summed E-state index contributed by atoms with van der Waals surface area (Å²) in [5.41, 5.74) is 1.30. The van der Waals surface area contributed by atoms with Crippen LogP contribution in [0.15, 0.2) is 65.4 Å². The standard InChI is InChI=1S/C18H15BrFN3O/c1-23-11-10-21-17(23)16(12-4-8-15(20)9-5-12)22-18(24)13-2-6-14(19)7-3-13/h2-11,16H,1H3,(H,22,24). The Kier molecular flexibility index (Phi) is 4.76. The molecular formula is C18H15BrFN3O. The molecule has 3 rings (SSSR count). The van der Waals surface area contributed by atoms with Gasteiger partial charge in [-0.05, 0) is 42.0 Å². The van der Waals surface area contributed by atoms with E-state index in [1.807, 2.05) is 23.7 Å². The van der Waals surface area contributed by atoms with Gasteiger partial charge >= 0.3 is 0 Å². The van der Waals surface area contributed by atoms with Crippen molar-refractivity contribution in [3.05, 3.63) is 88.2 Å². The van der Waals surface area contributed by atoms with E-state index in [4.69, 9.17) is 0 Å². The summed E-state index contributed by atoms with van der Waals surface area (Å²) in [7, 11) is 1.85. The molecule has 1 unspecified atom stereocenters. The highest BCUT2D eigenvalue weighted by Crippen LogP contribution is 2.22. The average molecular weight is 388 g/mol. The van der Waals surface area contributed by atoms with Crippen LogP contribution in [0.3, 0.4) is 0 Å². The minimum absolute atomic E-state index is 0.222. The van der Waals surface area contributed by atoms with E-state index in [2.05, 4.69) is 26.2 Å². The van der Waals surface area contributed by atoms with Gasteiger partial charge in [0.1, 0.15) is 17.7 Å². The van der Waals surface area contributed by atoms with Gasteiger partial charge in [-0.2, -0.15) is 0 Å². The normalized spacial score (nSPS) is 12.0. The van der Waals surface area contributed by atoms with Crippen LogP contribution in [0, 0.1) is 5.82 Å². The maximum Gasteiger partial charge on any atom is 0.252 e. The molecule has 1 aromatic heterocycles. The van der Waals surface area contributed by atoms with E-state index in [9.17, 15) is 9.18 Å². The van der Waals surface area contributed by atoms with Gasteiger partial charge in [-0.25, -0.2) is 9.37 Å². The first-order chi connectivity index (χ1) is 11.5. The number of hydrogen-bond donors (Lipinski definition) is 1. The van der Waals surface area contributed by atoms with Crippen LogP contribution in [0.4, 0.5) is 4.39 Å². The molecule has 0 aliphatic heterocycles. The van der Waals surface area contributed by atoms with Gasteiger partial charge < -0.3 is 9.88 Å². The second-order valence-corrected chi connectivity index (χ2v) is 6.28. The van der Waals surface area contributed by atoms with Crippen LogP contribution < -0.4 is 5.32 Å². The molecule has 1 heterocycles. The number of carbonyl (C=O) groups excluding carboxylic acids is 1. The third-order valence-electron chi connectivity index (χ3n) is 3.70. The maximum absolute atomic E-state index is 13.2. The molecule has 0 radical (unpaired) electrons. The molecule has 0 spiro atoms. The summed E-state index contributed by atoms with van der Waals surface area (Å²) < 4.78 is 16.0. The van der Waals surface area contributed by atoms with Gasteiger partial charge in [-0.15, -0.1) is 0 Å². The number of halogens is 2. The minimum atomic E-state index is -0.471. The molecule has 0 fully saturated rings. The number of hydrogen-bond acceptors (Lipinski definition) is 2. The van der Waals surface area contributed by atoms with E-state index < -0.39 is 6.04 Å². The van der Waals surface area contributed by atoms with Gasteiger partial charge in [0.05, 0.1) is 0 Å². The first kappa shape index (κ1) is 16.4. The third-order valence-corrected chi connectivity index (χ3v) is 4.23. The van der Waals surface area contributed by atoms with Crippen LogP contribution in [0.2, 0.25) is 0 Å². The van der Waals surface area contributed by atoms with Crippen LogP contribution in [-0.2, 0) is 7.05 Å². The molecule has 0 saturated carbocycles. The molecule has 122 valence electrons. The van der Waals surface area contributed by atoms with Gasteiger partial charge in [0.2, 0.25) is 0 Å². The molecule has 3 aromatic rings. The molecule has 4 nitrogen and oxygen atoms in total. The summed E-state index contributed by atoms with van der Waals surface area (Å²) in [4.78, 5) is 16.9. The van der Waals surface area contributed by atoms with Crippen LogP contribution in [-0.4, -0.2) is 15.5 Å². The van der Waals surface area contributed by atoms with Gasteiger partial charge in [0.25, 0.3) is 5.91 Å². The summed E-state index contributed by atoms with van der Waals surface area (Å²) in [6.07, 6.45) is 3.47. The number of nitrogens with one attached hydrogen (secondary N) is 1. The zero-order valence-corrected chi connectivity index (χ0v) is 14.5. The molecule has 0 aliphatic rings. The van der Waals surface area contributed by atoms with Crippen molar-refractivity contribution in [3.8, 4) is 0 Å². The number of aromatic nitrogens is 2. The lowest BCUT2D eigenvalue weighted by atomic mass is 10.1. The number of rotatable bonds is 4. The number of amides is 1. The molecule has 2 aromatic carbocycles. The topological polar surface area (TPSA) is 46.9 Å². The van der Waals surface area contributed by atoms with Gasteiger partial charge in [-0.1, -0.05) is 28.1 Å². The van der Waals surface area contributed by atoms with Crippen molar-refractivity contribution in [2.24, 2.45) is 7.05 Å². The monoisotopic (exact) mass is 387 g/mol. The van der Waals surface area contributed by atoms with E-state index in [-0.39, 0.29) is 11.7 Å². The summed E-state index contributed by atoms with van der Waals surface area (Å²) in [6, 6.07) is 12.7. The lowest BCUT2D eigenvalue weighted by Crippen LogP contribution is -2.31. The second-order valence-electron chi connectivity index (χ2n) is 5.36. The first-order valence-corrected chi connectivity index (χ1v) is 8.13. The van der Waals surface area contributed by atoms with E-state index in [1.165, 1.54) is 12.1 Å². The predicted molar refractivity (Wildman–Crippen MR) is 93.1 cm³/mol. The molecule has 0 saturated heterocycles. The SMILES string of the molecule is Cn1ccnc1C(NC(=O)c1ccc(Br)cc1)c1ccc(F)cc1. The number of nitrogens with zero attached hydrogens (tertiary/aromatic N) is 2. The Morgan fingerprint density at radius 3 is 2.42 bits per heavy atom. The van der Waals surface area contributed by atoms with Crippen LogP contribution in [0.5, 0.6) is 0 Å². The lowest BCUT2D eigenvalue weighted by Gasteiger charge is -2.19. The zero-order valence-electron chi connectivity index (χ0n) is 12.9. The smallest absolute Gasteiger partial charge is 0.252 e. The second kappa shape index (κ2) is 6.97. The van der Waals surface area contributed by atoms with E-state index in [0.29, 0.717) is 11.4 Å². The van der Waals surface area contributed by atoms with Crippen molar-refractivity contribution in [2.45, 2.75) is 6.04 Å². The third kappa shape index (κ3) is 3.54. The summed E-state index contributed by atoms with van der Waals surface area (Å²) in [6.45, 7) is 0. The Hall–Kier alpha value is -2.47. The molecule has 0 aliphatic carbocycles. The van der Waals surface area contributed by atoms with Crippen molar-refractivity contribution in [1.82, 2.24) is 14.9 Å². The quantitative estimate of drug-likeness (QED) is 0.738. The Bertz CT molecular complexity index is 843. The van der Waals surface area contributed by atoms with Gasteiger partial charge in [0.15, 0.2) is 0 Å². The highest BCUT2D eigenvalue weighted by Gasteiger charge is 2.21. The van der Waals surface area contributed by atoms with Crippen molar-refractivity contribution in [3.63, 3.8) is 0 Å². The number of carbonyl (C=O) groups is 1. The first-order valence-electron chi connectivity index (χ1n) is 7.34. The molecule has 1 N–H and O–H groups in total. The molecule has 0 bridgehead atoms. The fourth-order valence-electron chi connectivity index (χ4n) is 2.42. The molecule has 1 atom stereocenters. The van der Waals surface area contributed by atoms with Gasteiger partial charge in [0, 0.05) is 29.5 Å². The molecule has 1 amide bonds. The Morgan fingerprint density at radius 2 is 1.83 bits per heavy atom. The number of aryl methyl sites for hydroxylation is 1. The highest BCUT2D eigenvalue weighted by atomic mass is 79.9. The van der Waals surface area contributed by atoms with E-state index in [1.54, 1.807) is 36.7 Å². The maximum atomic E-state index is 13.2. The van der Waals surface area contributed by atoms with E-state index >= 15 is 0 Å². The lowest BCUT2D eigenvalue weighted by molar-refractivity contribution is 0.0941. The fourth-order valence-corrected chi connectivity index (χ4v) is 2.69. The number of imidazole rings is 1. The van der Waals surface area contributed by atoms with Crippen LogP contribution in [0.1, 0.15) is 27.8 Å². The van der Waals surface area contributed by atoms with Crippen molar-refractivity contribution >= 4 is 21.8 Å². The minimum Gasteiger partial charge on any atom is -0.338 e. The van der Waals surface area contributed by atoms with Crippen LogP contribution in [0.25, 0.3) is 0 Å². The average Bonchev–Trinajstić information content (AvgIpc) is 3.00. The van der Waals surface area contributed by atoms with Crippen LogP contribution >= 0.6 is 15.9 Å². The van der Waals surface area contributed by atoms with E-state index in [0.717, 1.165) is 10.0 Å². The zero-order chi connectivity index (χ0) is 17.1. The predicted octanol–water partition coefficient (Wildman–Crippen LogP) is 3.84. The molecule has 24 heavy (non-hydrogen) atoms. The summed E-state index contributed by atoms with van der Waals surface area (Å²) >= 11 is 3.35. The molecular weight excluding hydrogens is 373 g/mol. The Morgan fingerprint density at radius 1 is 1.17 bits per heavy atom. The van der Waals surface area contributed by atoms with Gasteiger partial charge in [-0.3, -0.25) is 4.79 Å². The van der Waals surface area contributed by atoms with Crippen molar-refractivity contribution in [2.75, 3.05) is 0 Å². The number of benzene rings is 2. The van der Waals surface area contributed by atoms with Crippen molar-refractivity contribution < 1.29 is 9.18 Å². The summed E-state index contributed by atoms with van der Waals surface area (Å²) in [5.74, 6) is 0.128. The fraction of sp³-hybridized carbons (Fsp3) is 0.111.